The summed E-state index contributed by atoms with van der Waals surface area (Å²) < 4.78 is 1.81. The Morgan fingerprint density at radius 1 is 1.14 bits per heavy atom. The smallest absolute Gasteiger partial charge is 0.255 e. The first-order chi connectivity index (χ1) is 14.2. The van der Waals surface area contributed by atoms with E-state index in [0.29, 0.717) is 5.92 Å². The van der Waals surface area contributed by atoms with Crippen LogP contribution in [0, 0.1) is 5.92 Å². The van der Waals surface area contributed by atoms with Crippen LogP contribution in [-0.2, 0) is 11.8 Å². The molecular weight excluding hydrogens is 360 g/mol. The van der Waals surface area contributed by atoms with Crippen molar-refractivity contribution in [2.24, 2.45) is 13.0 Å². The minimum Gasteiger partial charge on any atom is -0.317 e. The fourth-order valence-corrected chi connectivity index (χ4v) is 4.26. The highest BCUT2D eigenvalue weighted by atomic mass is 16.2. The molecule has 1 fully saturated rings. The third-order valence-corrected chi connectivity index (χ3v) is 5.82. The van der Waals surface area contributed by atoms with Gasteiger partial charge < -0.3 is 5.32 Å². The minimum absolute atomic E-state index is 0.0160. The van der Waals surface area contributed by atoms with E-state index >= 15 is 0 Å². The van der Waals surface area contributed by atoms with E-state index in [0.717, 1.165) is 53.7 Å². The summed E-state index contributed by atoms with van der Waals surface area (Å²) in [5.74, 6) is 0.497. The molecule has 0 saturated carbocycles. The van der Waals surface area contributed by atoms with Crippen LogP contribution in [0.25, 0.3) is 16.5 Å². The third kappa shape index (κ3) is 3.49. The monoisotopic (exact) mass is 384 g/mol. The number of aromatic nitrogens is 2. The first-order valence-corrected chi connectivity index (χ1v) is 10.1. The van der Waals surface area contributed by atoms with Gasteiger partial charge in [0.2, 0.25) is 0 Å². The zero-order chi connectivity index (χ0) is 19.8. The normalized spacial score (nSPS) is 24.8. The molecule has 1 amide bonds. The number of fused-ring (bicyclic) bond motifs is 2. The lowest BCUT2D eigenvalue weighted by molar-refractivity contribution is -0.122. The van der Waals surface area contributed by atoms with Crippen molar-refractivity contribution in [2.75, 3.05) is 13.1 Å². The van der Waals surface area contributed by atoms with Crippen LogP contribution in [0.3, 0.4) is 0 Å². The van der Waals surface area contributed by atoms with Crippen LogP contribution in [0.2, 0.25) is 0 Å². The number of carbonyl (C=O) groups is 1. The van der Waals surface area contributed by atoms with Crippen LogP contribution in [0.5, 0.6) is 0 Å². The number of allylic oxidation sites excluding steroid dienone is 7. The minimum atomic E-state index is -0.0160. The number of benzene rings is 1. The lowest BCUT2D eigenvalue weighted by Crippen LogP contribution is -2.31. The Morgan fingerprint density at radius 2 is 2.00 bits per heavy atom. The van der Waals surface area contributed by atoms with E-state index in [4.69, 9.17) is 0 Å². The Bertz CT molecular complexity index is 1120. The first-order valence-electron chi connectivity index (χ1n) is 10.1. The van der Waals surface area contributed by atoms with Crippen LogP contribution in [0.4, 0.5) is 0 Å². The molecule has 3 aliphatic rings. The van der Waals surface area contributed by atoms with E-state index in [-0.39, 0.29) is 5.91 Å². The number of aryl methyl sites for hydroxylation is 1. The van der Waals surface area contributed by atoms with Gasteiger partial charge in [0, 0.05) is 36.6 Å². The molecule has 146 valence electrons. The molecule has 1 saturated heterocycles. The molecule has 0 unspecified atom stereocenters. The van der Waals surface area contributed by atoms with Crippen molar-refractivity contribution in [3.8, 4) is 0 Å². The summed E-state index contributed by atoms with van der Waals surface area (Å²) in [5.41, 5.74) is 5.02. The van der Waals surface area contributed by atoms with Crippen molar-refractivity contribution in [1.82, 2.24) is 20.0 Å². The summed E-state index contributed by atoms with van der Waals surface area (Å²) in [6, 6.07) is 6.12. The fourth-order valence-electron chi connectivity index (χ4n) is 4.26. The standard InChI is InChI=1S/C24H24N4O/c1-27-15-21-13-19(6-8-23(21)26-27)18-3-2-4-22-7-5-20(16-28(22)24(29)14-18)17-9-11-25-12-10-17/h2-8,13-17,25H,9-12H2,1H3/b3-2+,18-14+,22-4+. The molecule has 0 bridgehead atoms. The molecule has 1 aromatic heterocycles. The van der Waals surface area contributed by atoms with Crippen LogP contribution >= 0.6 is 0 Å². The van der Waals surface area contributed by atoms with Gasteiger partial charge in [-0.05, 0) is 72.8 Å². The van der Waals surface area contributed by atoms with E-state index in [9.17, 15) is 4.79 Å². The quantitative estimate of drug-likeness (QED) is 0.859. The highest BCUT2D eigenvalue weighted by molar-refractivity contribution is 6.00. The molecule has 3 aliphatic heterocycles. The topological polar surface area (TPSA) is 50.2 Å². The van der Waals surface area contributed by atoms with E-state index < -0.39 is 0 Å². The van der Waals surface area contributed by atoms with Crippen molar-refractivity contribution >= 4 is 22.4 Å². The Balaban J connectivity index is 1.48. The predicted molar refractivity (Wildman–Crippen MR) is 116 cm³/mol. The Morgan fingerprint density at radius 3 is 2.86 bits per heavy atom. The zero-order valence-corrected chi connectivity index (χ0v) is 16.5. The number of amides is 1. The van der Waals surface area contributed by atoms with Gasteiger partial charge in [0.05, 0.1) is 5.52 Å². The zero-order valence-electron chi connectivity index (χ0n) is 16.5. The lowest BCUT2D eigenvalue weighted by Gasteiger charge is -2.29. The van der Waals surface area contributed by atoms with E-state index in [1.165, 1.54) is 5.57 Å². The second-order valence-corrected chi connectivity index (χ2v) is 7.82. The van der Waals surface area contributed by atoms with Crippen molar-refractivity contribution in [3.63, 3.8) is 0 Å². The van der Waals surface area contributed by atoms with E-state index in [2.05, 4.69) is 28.6 Å². The van der Waals surface area contributed by atoms with Gasteiger partial charge in [0.25, 0.3) is 5.91 Å². The highest BCUT2D eigenvalue weighted by Gasteiger charge is 2.23. The maximum Gasteiger partial charge on any atom is 0.255 e. The summed E-state index contributed by atoms with van der Waals surface area (Å²) in [5, 5.41) is 8.91. The molecule has 4 heterocycles. The molecule has 0 atom stereocenters. The largest absolute Gasteiger partial charge is 0.317 e. The summed E-state index contributed by atoms with van der Waals surface area (Å²) in [6.45, 7) is 2.08. The van der Waals surface area contributed by atoms with Gasteiger partial charge in [-0.2, -0.15) is 5.10 Å². The van der Waals surface area contributed by atoms with Crippen molar-refractivity contribution in [1.29, 1.82) is 0 Å². The summed E-state index contributed by atoms with van der Waals surface area (Å²) >= 11 is 0. The molecule has 0 radical (unpaired) electrons. The van der Waals surface area contributed by atoms with Crippen molar-refractivity contribution < 1.29 is 4.79 Å². The molecule has 0 aliphatic carbocycles. The van der Waals surface area contributed by atoms with Crippen LogP contribution < -0.4 is 5.32 Å². The van der Waals surface area contributed by atoms with Crippen LogP contribution in [0.1, 0.15) is 18.4 Å². The average Bonchev–Trinajstić information content (AvgIpc) is 3.11. The number of hydrogen-bond acceptors (Lipinski definition) is 3. The van der Waals surface area contributed by atoms with Gasteiger partial charge in [-0.3, -0.25) is 14.4 Å². The number of carbonyl (C=O) groups excluding carboxylic acids is 1. The summed E-state index contributed by atoms with van der Waals surface area (Å²) in [7, 11) is 1.92. The lowest BCUT2D eigenvalue weighted by atomic mass is 9.88. The molecule has 1 aromatic carbocycles. The predicted octanol–water partition coefficient (Wildman–Crippen LogP) is 3.69. The van der Waals surface area contributed by atoms with Gasteiger partial charge in [0.1, 0.15) is 0 Å². The second-order valence-electron chi connectivity index (χ2n) is 7.82. The average molecular weight is 384 g/mol. The number of rotatable bonds is 2. The number of nitrogens with one attached hydrogen (secondary N) is 1. The Kier molecular flexibility index (Phi) is 4.52. The first kappa shape index (κ1) is 17.9. The molecule has 5 heteroatoms. The number of hydrogen-bond donors (Lipinski definition) is 1. The van der Waals surface area contributed by atoms with Crippen LogP contribution in [-0.4, -0.2) is 33.7 Å². The summed E-state index contributed by atoms with van der Waals surface area (Å²) in [4.78, 5) is 14.9. The van der Waals surface area contributed by atoms with Crippen molar-refractivity contribution in [3.05, 3.63) is 83.9 Å². The van der Waals surface area contributed by atoms with Gasteiger partial charge in [0.15, 0.2) is 0 Å². The van der Waals surface area contributed by atoms with E-state index in [1.54, 1.807) is 11.0 Å². The fraction of sp³-hybridized carbons (Fsp3) is 0.250. The second kappa shape index (κ2) is 7.33. The Labute approximate surface area is 170 Å². The van der Waals surface area contributed by atoms with Gasteiger partial charge in [-0.15, -0.1) is 0 Å². The Hall–Kier alpha value is -3.18. The maximum absolute atomic E-state index is 13.1. The highest BCUT2D eigenvalue weighted by Crippen LogP contribution is 2.30. The molecular formula is C24H24N4O. The molecule has 0 spiro atoms. The maximum atomic E-state index is 13.1. The molecule has 1 N–H and O–H groups in total. The molecule has 29 heavy (non-hydrogen) atoms. The molecule has 5 nitrogen and oxygen atoms in total. The summed E-state index contributed by atoms with van der Waals surface area (Å²) in [6.07, 6.45) is 18.2. The van der Waals surface area contributed by atoms with Crippen molar-refractivity contribution in [2.45, 2.75) is 12.8 Å². The number of nitrogens with zero attached hydrogens (tertiary/aromatic N) is 3. The van der Waals surface area contributed by atoms with E-state index in [1.807, 2.05) is 54.5 Å². The molecule has 2 aromatic rings. The molecule has 5 rings (SSSR count). The van der Waals surface area contributed by atoms with Gasteiger partial charge >= 0.3 is 0 Å². The van der Waals surface area contributed by atoms with Gasteiger partial charge in [-0.1, -0.05) is 24.3 Å². The SMILES string of the molecule is Cn1cc2cc(C3=C\C(=O)N4C=C(C5CCNCC5)C=C\C4=C/C=C/3)ccc2n1. The third-order valence-electron chi connectivity index (χ3n) is 5.82. The van der Waals surface area contributed by atoms with Gasteiger partial charge in [-0.25, -0.2) is 0 Å². The number of piperidine rings is 1. The van der Waals surface area contributed by atoms with Crippen LogP contribution in [0.15, 0.2) is 78.3 Å².